The van der Waals surface area contributed by atoms with Gasteiger partial charge in [-0.15, -0.1) is 0 Å². The first-order chi connectivity index (χ1) is 9.24. The van der Waals surface area contributed by atoms with Crippen LogP contribution in [0.15, 0.2) is 28.2 Å². The molecule has 0 radical (unpaired) electrons. The summed E-state index contributed by atoms with van der Waals surface area (Å²) in [6, 6.07) is 3.41. The second-order valence-electron chi connectivity index (χ2n) is 4.58. The van der Waals surface area contributed by atoms with Crippen LogP contribution in [-0.4, -0.2) is 17.8 Å². The molecule has 2 heterocycles. The van der Waals surface area contributed by atoms with Crippen molar-refractivity contribution in [3.8, 4) is 0 Å². The van der Waals surface area contributed by atoms with Gasteiger partial charge >= 0.3 is 0 Å². The number of ether oxygens (including phenoxy) is 1. The summed E-state index contributed by atoms with van der Waals surface area (Å²) >= 11 is 0. The van der Waals surface area contributed by atoms with Gasteiger partial charge in [-0.25, -0.2) is 0 Å². The highest BCUT2D eigenvalue weighted by atomic mass is 16.5. The zero-order valence-electron chi connectivity index (χ0n) is 10.6. The third kappa shape index (κ3) is 3.14. The van der Waals surface area contributed by atoms with Gasteiger partial charge in [0.25, 0.3) is 5.56 Å². The smallest absolute Gasteiger partial charge is 0.255 e. The van der Waals surface area contributed by atoms with Gasteiger partial charge in [0, 0.05) is 29.9 Å². The summed E-state index contributed by atoms with van der Waals surface area (Å²) < 4.78 is 6.82. The Morgan fingerprint density at radius 2 is 2.32 bits per heavy atom. The summed E-state index contributed by atoms with van der Waals surface area (Å²) in [4.78, 5) is 14.9. The number of hydrogen-bond donors (Lipinski definition) is 1. The molecule has 1 aliphatic heterocycles. The number of nitrogens with zero attached hydrogens (tertiary/aromatic N) is 4. The summed E-state index contributed by atoms with van der Waals surface area (Å²) in [5.74, 6) is 0.237. The Balaban J connectivity index is 2.23. The maximum absolute atomic E-state index is 12.2. The minimum Gasteiger partial charge on any atom is -0.381 e. The van der Waals surface area contributed by atoms with E-state index in [-0.39, 0.29) is 24.2 Å². The van der Waals surface area contributed by atoms with Gasteiger partial charge in [0.15, 0.2) is 0 Å². The average molecular weight is 263 g/mol. The van der Waals surface area contributed by atoms with Crippen LogP contribution in [0.5, 0.6) is 0 Å². The highest BCUT2D eigenvalue weighted by Gasteiger charge is 2.23. The van der Waals surface area contributed by atoms with E-state index in [0.717, 1.165) is 12.8 Å². The van der Waals surface area contributed by atoms with Gasteiger partial charge in [-0.1, -0.05) is 11.2 Å². The van der Waals surface area contributed by atoms with Crippen LogP contribution in [0.3, 0.4) is 0 Å². The zero-order valence-corrected chi connectivity index (χ0v) is 10.6. The Labute approximate surface area is 110 Å². The minimum absolute atomic E-state index is 0.0523. The van der Waals surface area contributed by atoms with Crippen LogP contribution in [-0.2, 0) is 11.3 Å². The lowest BCUT2D eigenvalue weighted by Gasteiger charge is -2.29. The van der Waals surface area contributed by atoms with Gasteiger partial charge in [0.1, 0.15) is 0 Å². The monoisotopic (exact) mass is 263 g/mol. The molecule has 7 heteroatoms. The van der Waals surface area contributed by atoms with Gasteiger partial charge in [-0.3, -0.25) is 9.36 Å². The van der Waals surface area contributed by atoms with Crippen LogP contribution in [0, 0.1) is 5.92 Å². The molecule has 1 aromatic rings. The van der Waals surface area contributed by atoms with E-state index in [1.54, 1.807) is 18.3 Å². The van der Waals surface area contributed by atoms with Crippen molar-refractivity contribution in [3.63, 3.8) is 0 Å². The third-order valence-electron chi connectivity index (χ3n) is 3.43. The Hall–Kier alpha value is -1.82. The number of rotatable bonds is 4. The summed E-state index contributed by atoms with van der Waals surface area (Å²) in [7, 11) is 0. The lowest BCUT2D eigenvalue weighted by Crippen LogP contribution is -2.38. The Morgan fingerprint density at radius 3 is 3.00 bits per heavy atom. The summed E-state index contributed by atoms with van der Waals surface area (Å²) in [6.45, 7) is 1.42. The van der Waals surface area contributed by atoms with E-state index in [2.05, 4.69) is 10.0 Å². The summed E-state index contributed by atoms with van der Waals surface area (Å²) in [5, 5.41) is 3.42. The van der Waals surface area contributed by atoms with Gasteiger partial charge in [-0.05, 0) is 30.4 Å². The normalized spacial score (nSPS) is 17.7. The first kappa shape index (κ1) is 13.6. The fraction of sp³-hybridized carbons (Fsp3) is 0.583. The number of hydrogen-bond acceptors (Lipinski definition) is 4. The molecule has 1 aliphatic rings. The van der Waals surface area contributed by atoms with E-state index in [1.807, 2.05) is 0 Å². The maximum Gasteiger partial charge on any atom is 0.255 e. The second-order valence-corrected chi connectivity index (χ2v) is 4.58. The van der Waals surface area contributed by atoms with E-state index < -0.39 is 0 Å². The Bertz CT molecular complexity index is 529. The number of pyridine rings is 1. The average Bonchev–Trinajstić information content (AvgIpc) is 2.46. The molecule has 0 unspecified atom stereocenters. The Morgan fingerprint density at radius 1 is 1.58 bits per heavy atom. The molecule has 102 valence electrons. The first-order valence-electron chi connectivity index (χ1n) is 6.28. The molecule has 1 atom stereocenters. The lowest BCUT2D eigenvalue weighted by atomic mass is 9.97. The number of aromatic nitrogens is 1. The van der Waals surface area contributed by atoms with Gasteiger partial charge in [-0.2, -0.15) is 0 Å². The molecule has 0 amide bonds. The molecule has 0 aromatic carbocycles. The van der Waals surface area contributed by atoms with Crippen LogP contribution >= 0.6 is 0 Å². The van der Waals surface area contributed by atoms with Crippen molar-refractivity contribution in [2.75, 3.05) is 13.2 Å². The lowest BCUT2D eigenvalue weighted by molar-refractivity contribution is 0.0489. The van der Waals surface area contributed by atoms with Crippen molar-refractivity contribution >= 4 is 0 Å². The van der Waals surface area contributed by atoms with Crippen molar-refractivity contribution in [2.45, 2.75) is 25.6 Å². The highest BCUT2D eigenvalue weighted by Crippen LogP contribution is 2.22. The van der Waals surface area contributed by atoms with Gasteiger partial charge in [0.2, 0.25) is 0 Å². The van der Waals surface area contributed by atoms with Crippen molar-refractivity contribution in [3.05, 3.63) is 44.7 Å². The van der Waals surface area contributed by atoms with Crippen molar-refractivity contribution in [1.82, 2.24) is 4.57 Å². The molecule has 1 aromatic heterocycles. The molecule has 0 spiro atoms. The molecule has 0 saturated carbocycles. The van der Waals surface area contributed by atoms with Crippen molar-refractivity contribution in [1.29, 1.82) is 0 Å². The molecule has 0 aliphatic carbocycles. The molecule has 1 saturated heterocycles. The van der Waals surface area contributed by atoms with E-state index in [1.165, 1.54) is 4.57 Å². The van der Waals surface area contributed by atoms with E-state index in [9.17, 15) is 4.79 Å². The third-order valence-corrected chi connectivity index (χ3v) is 3.43. The summed E-state index contributed by atoms with van der Waals surface area (Å²) in [6.07, 6.45) is 3.03. The zero-order chi connectivity index (χ0) is 13.7. The summed E-state index contributed by atoms with van der Waals surface area (Å²) in [5.41, 5.74) is 14.8. The molecule has 19 heavy (non-hydrogen) atoms. The second kappa shape index (κ2) is 6.38. The highest BCUT2D eigenvalue weighted by molar-refractivity contribution is 5.11. The number of nitrogens with two attached hydrogens (primary N) is 1. The predicted molar refractivity (Wildman–Crippen MR) is 70.3 cm³/mol. The SMILES string of the molecule is [N-]=[N+]=NCc1cccn([C@H](N)C2CCOCC2)c1=O. The molecule has 2 N–H and O–H groups in total. The van der Waals surface area contributed by atoms with E-state index >= 15 is 0 Å². The quantitative estimate of drug-likeness (QED) is 0.505. The largest absolute Gasteiger partial charge is 0.381 e. The van der Waals surface area contributed by atoms with Crippen LogP contribution in [0.4, 0.5) is 0 Å². The molecular formula is C12H17N5O2. The van der Waals surface area contributed by atoms with Crippen LogP contribution in [0.1, 0.15) is 24.6 Å². The fourth-order valence-electron chi connectivity index (χ4n) is 2.30. The molecule has 7 nitrogen and oxygen atoms in total. The molecule has 0 bridgehead atoms. The molecular weight excluding hydrogens is 246 g/mol. The van der Waals surface area contributed by atoms with E-state index in [4.69, 9.17) is 16.0 Å². The van der Waals surface area contributed by atoms with E-state index in [0.29, 0.717) is 18.8 Å². The van der Waals surface area contributed by atoms with Crippen LogP contribution in [0.2, 0.25) is 0 Å². The molecule has 1 fully saturated rings. The van der Waals surface area contributed by atoms with Crippen LogP contribution in [0.25, 0.3) is 10.4 Å². The predicted octanol–water partition coefficient (Wildman–Crippen LogP) is 1.54. The first-order valence-corrected chi connectivity index (χ1v) is 6.28. The van der Waals surface area contributed by atoms with Crippen molar-refractivity contribution in [2.24, 2.45) is 16.8 Å². The van der Waals surface area contributed by atoms with Crippen molar-refractivity contribution < 1.29 is 4.74 Å². The minimum atomic E-state index is -0.359. The molecule has 2 rings (SSSR count). The van der Waals surface area contributed by atoms with Gasteiger partial charge < -0.3 is 10.5 Å². The Kier molecular flexibility index (Phi) is 4.57. The maximum atomic E-state index is 12.2. The fourth-order valence-corrected chi connectivity index (χ4v) is 2.30. The van der Waals surface area contributed by atoms with Gasteiger partial charge in [0.05, 0.1) is 12.7 Å². The number of azide groups is 1. The standard InChI is InChI=1S/C12H17N5O2/c13-11(9-3-6-19-7-4-9)17-5-1-2-10(12(17)18)8-15-16-14/h1-2,5,9,11H,3-4,6-8,13H2/t11-/m0/s1. The topological polar surface area (TPSA) is 106 Å². The van der Waals surface area contributed by atoms with Crippen LogP contribution < -0.4 is 11.3 Å².